The third-order valence-corrected chi connectivity index (χ3v) is 6.81. The lowest BCUT2D eigenvalue weighted by Gasteiger charge is -2.29. The van der Waals surface area contributed by atoms with Gasteiger partial charge in [-0.25, -0.2) is 9.83 Å². The molecule has 1 aliphatic rings. The molecule has 6 nitrogen and oxygen atoms in total. The highest BCUT2D eigenvalue weighted by Crippen LogP contribution is 2.37. The van der Waals surface area contributed by atoms with E-state index in [9.17, 15) is 4.79 Å². The van der Waals surface area contributed by atoms with Crippen LogP contribution in [0.4, 0.5) is 17.1 Å². The number of benzene rings is 1. The van der Waals surface area contributed by atoms with Crippen molar-refractivity contribution in [1.82, 2.24) is 9.97 Å². The molecule has 0 bridgehead atoms. The van der Waals surface area contributed by atoms with Crippen molar-refractivity contribution in [3.63, 3.8) is 0 Å². The topological polar surface area (TPSA) is 53.7 Å². The molecule has 1 aromatic carbocycles. The molecule has 1 saturated heterocycles. The van der Waals surface area contributed by atoms with Gasteiger partial charge in [0.1, 0.15) is 5.54 Å². The minimum Gasteiger partial charge on any atom is -0.302 e. The van der Waals surface area contributed by atoms with E-state index < -0.39 is 5.54 Å². The average molecular weight is 462 g/mol. The van der Waals surface area contributed by atoms with Crippen molar-refractivity contribution in [2.24, 2.45) is 0 Å². The van der Waals surface area contributed by atoms with E-state index in [4.69, 9.17) is 18.8 Å². The van der Waals surface area contributed by atoms with Crippen molar-refractivity contribution in [2.75, 3.05) is 9.80 Å². The minimum atomic E-state index is -0.850. The molecule has 0 aliphatic carbocycles. The van der Waals surface area contributed by atoms with Gasteiger partial charge in [0.25, 0.3) is 5.91 Å². The van der Waals surface area contributed by atoms with E-state index >= 15 is 0 Å². The second kappa shape index (κ2) is 8.77. The highest BCUT2D eigenvalue weighted by atomic mass is 32.1. The quantitative estimate of drug-likeness (QED) is 0.359. The predicted octanol–water partition coefficient (Wildman–Crippen LogP) is 5.49. The minimum absolute atomic E-state index is 0.106. The molecule has 0 unspecified atom stereocenters. The second-order valence-corrected chi connectivity index (χ2v) is 9.53. The zero-order valence-corrected chi connectivity index (χ0v) is 19.8. The van der Waals surface area contributed by atoms with Gasteiger partial charge < -0.3 is 4.90 Å². The third kappa shape index (κ3) is 4.01. The van der Waals surface area contributed by atoms with Crippen LogP contribution in [0, 0.1) is 13.5 Å². The van der Waals surface area contributed by atoms with Crippen LogP contribution in [0.3, 0.4) is 0 Å². The van der Waals surface area contributed by atoms with Gasteiger partial charge in [-0.15, -0.1) is 11.3 Å². The number of aryl methyl sites for hydroxylation is 3. The number of thiocarbonyl (C=S) groups is 1. The predicted molar refractivity (Wildman–Crippen MR) is 132 cm³/mol. The number of thiazole rings is 1. The number of aromatic nitrogens is 2. The zero-order valence-electron chi connectivity index (χ0n) is 18.2. The van der Waals surface area contributed by atoms with Crippen LogP contribution in [0.25, 0.3) is 4.85 Å². The molecule has 3 aromatic rings. The SMILES string of the molecule is [C-]#[N+]c1ccc(N2C(=O)C(C)(C)N(c3ccc(CCCc4nccs4)nc3)C2=S)cc1C. The van der Waals surface area contributed by atoms with Crippen LogP contribution in [-0.2, 0) is 17.6 Å². The van der Waals surface area contributed by atoms with Crippen LogP contribution in [0.15, 0.2) is 48.1 Å². The molecule has 4 rings (SSSR count). The Bertz CT molecular complexity index is 1200. The summed E-state index contributed by atoms with van der Waals surface area (Å²) >= 11 is 7.42. The number of carbonyl (C=O) groups is 1. The Hall–Kier alpha value is -3.15. The van der Waals surface area contributed by atoms with E-state index in [0.29, 0.717) is 16.5 Å². The standard InChI is InChI=1S/C24H23N5OS2/c1-16-14-18(10-11-20(16)25-4)28-22(30)24(2,3)29(23(28)31)19-9-8-17(27-15-19)6-5-7-21-26-12-13-32-21/h8-15H,5-7H2,1-3H3. The fourth-order valence-electron chi connectivity index (χ4n) is 3.85. The molecule has 1 fully saturated rings. The summed E-state index contributed by atoms with van der Waals surface area (Å²) in [6, 6.07) is 9.31. The molecular formula is C24H23N5OS2. The molecule has 0 N–H and O–H groups in total. The monoisotopic (exact) mass is 461 g/mol. The Labute approximate surface area is 197 Å². The fraction of sp³-hybridized carbons (Fsp3) is 0.292. The molecule has 162 valence electrons. The van der Waals surface area contributed by atoms with Gasteiger partial charge in [0, 0.05) is 23.0 Å². The van der Waals surface area contributed by atoms with E-state index in [0.717, 1.165) is 41.2 Å². The summed E-state index contributed by atoms with van der Waals surface area (Å²) in [6.45, 7) is 12.8. The summed E-state index contributed by atoms with van der Waals surface area (Å²) in [6.07, 6.45) is 6.42. The van der Waals surface area contributed by atoms with Crippen molar-refractivity contribution < 1.29 is 4.79 Å². The van der Waals surface area contributed by atoms with Crippen LogP contribution >= 0.6 is 23.6 Å². The number of hydrogen-bond acceptors (Lipinski definition) is 5. The van der Waals surface area contributed by atoms with Crippen LogP contribution in [-0.4, -0.2) is 26.5 Å². The van der Waals surface area contributed by atoms with E-state index in [-0.39, 0.29) is 5.91 Å². The van der Waals surface area contributed by atoms with Crippen LogP contribution < -0.4 is 9.80 Å². The van der Waals surface area contributed by atoms with Crippen LogP contribution in [0.1, 0.15) is 36.5 Å². The molecular weight excluding hydrogens is 438 g/mol. The average Bonchev–Trinajstić information content (AvgIpc) is 3.34. The number of anilines is 2. The van der Waals surface area contributed by atoms with Gasteiger partial charge in [0.2, 0.25) is 0 Å². The van der Waals surface area contributed by atoms with E-state index in [1.165, 1.54) is 0 Å². The molecule has 1 aliphatic heterocycles. The fourth-order valence-corrected chi connectivity index (χ4v) is 5.04. The molecule has 0 saturated carbocycles. The number of hydrogen-bond donors (Lipinski definition) is 0. The first-order chi connectivity index (χ1) is 15.3. The number of amides is 1. The Morgan fingerprint density at radius 1 is 1.16 bits per heavy atom. The third-order valence-electron chi connectivity index (χ3n) is 5.60. The van der Waals surface area contributed by atoms with E-state index in [2.05, 4.69) is 14.8 Å². The van der Waals surface area contributed by atoms with Crippen molar-refractivity contribution >= 4 is 51.6 Å². The summed E-state index contributed by atoms with van der Waals surface area (Å²) in [4.78, 5) is 29.2. The first-order valence-corrected chi connectivity index (χ1v) is 11.6. The molecule has 0 atom stereocenters. The second-order valence-electron chi connectivity index (χ2n) is 8.19. The molecule has 0 radical (unpaired) electrons. The number of carbonyl (C=O) groups excluding carboxylic acids is 1. The van der Waals surface area contributed by atoms with Gasteiger partial charge in [0.05, 0.1) is 23.5 Å². The lowest BCUT2D eigenvalue weighted by molar-refractivity contribution is -0.120. The first kappa shape index (κ1) is 22.1. The summed E-state index contributed by atoms with van der Waals surface area (Å²) < 4.78 is 0. The molecule has 3 heterocycles. The number of rotatable bonds is 6. The lowest BCUT2D eigenvalue weighted by Crippen LogP contribution is -2.44. The Balaban J connectivity index is 1.54. The Kier molecular flexibility index (Phi) is 6.04. The molecule has 32 heavy (non-hydrogen) atoms. The number of pyridine rings is 1. The van der Waals surface area contributed by atoms with Gasteiger partial charge in [0.15, 0.2) is 10.8 Å². The number of nitrogens with zero attached hydrogens (tertiary/aromatic N) is 5. The van der Waals surface area contributed by atoms with Gasteiger partial charge in [-0.2, -0.15) is 0 Å². The van der Waals surface area contributed by atoms with Crippen molar-refractivity contribution in [3.05, 3.63) is 75.8 Å². The van der Waals surface area contributed by atoms with Crippen LogP contribution in [0.5, 0.6) is 0 Å². The highest BCUT2D eigenvalue weighted by molar-refractivity contribution is 7.81. The summed E-state index contributed by atoms with van der Waals surface area (Å²) in [5.41, 5.74) is 2.99. The van der Waals surface area contributed by atoms with Gasteiger partial charge in [-0.1, -0.05) is 6.07 Å². The molecule has 2 aromatic heterocycles. The highest BCUT2D eigenvalue weighted by Gasteiger charge is 2.50. The molecule has 1 amide bonds. The first-order valence-electron chi connectivity index (χ1n) is 10.3. The summed E-state index contributed by atoms with van der Waals surface area (Å²) in [5, 5.41) is 3.55. The molecule has 8 heteroatoms. The van der Waals surface area contributed by atoms with Gasteiger partial charge in [-0.05, 0) is 82.1 Å². The lowest BCUT2D eigenvalue weighted by atomic mass is 10.0. The van der Waals surface area contributed by atoms with Crippen LogP contribution in [0.2, 0.25) is 0 Å². The Morgan fingerprint density at radius 3 is 2.56 bits per heavy atom. The van der Waals surface area contributed by atoms with Crippen molar-refractivity contribution in [3.8, 4) is 0 Å². The van der Waals surface area contributed by atoms with Gasteiger partial charge >= 0.3 is 0 Å². The van der Waals surface area contributed by atoms with Crippen molar-refractivity contribution in [2.45, 2.75) is 45.6 Å². The maximum Gasteiger partial charge on any atom is 0.259 e. The maximum atomic E-state index is 13.3. The largest absolute Gasteiger partial charge is 0.302 e. The molecule has 0 spiro atoms. The summed E-state index contributed by atoms with van der Waals surface area (Å²) in [7, 11) is 0. The van der Waals surface area contributed by atoms with E-state index in [1.807, 2.05) is 55.4 Å². The van der Waals surface area contributed by atoms with Crippen molar-refractivity contribution in [1.29, 1.82) is 0 Å². The van der Waals surface area contributed by atoms with E-state index in [1.54, 1.807) is 34.6 Å². The van der Waals surface area contributed by atoms with Gasteiger partial charge in [-0.3, -0.25) is 14.7 Å². The zero-order chi connectivity index (χ0) is 22.9. The normalized spacial score (nSPS) is 15.3. The Morgan fingerprint density at radius 2 is 1.94 bits per heavy atom. The maximum absolute atomic E-state index is 13.3. The summed E-state index contributed by atoms with van der Waals surface area (Å²) in [5.74, 6) is -0.106. The smallest absolute Gasteiger partial charge is 0.259 e.